The predicted octanol–water partition coefficient (Wildman–Crippen LogP) is 3.88. The van der Waals surface area contributed by atoms with E-state index in [1.165, 1.54) is 31.0 Å². The molecule has 1 saturated heterocycles. The van der Waals surface area contributed by atoms with Crippen LogP contribution in [0, 0.1) is 0 Å². The Morgan fingerprint density at radius 2 is 1.90 bits per heavy atom. The smallest absolute Gasteiger partial charge is 0.230 e. The minimum atomic E-state index is 0.0727. The molecule has 1 N–H and O–H groups in total. The van der Waals surface area contributed by atoms with Crippen LogP contribution in [0.15, 0.2) is 46.3 Å². The Morgan fingerprint density at radius 1 is 1.17 bits per heavy atom. The molecule has 1 aromatic heterocycles. The molecule has 0 atom stereocenters. The summed E-state index contributed by atoms with van der Waals surface area (Å²) in [4.78, 5) is 19.7. The van der Waals surface area contributed by atoms with Crippen LogP contribution in [0.2, 0.25) is 0 Å². The highest BCUT2D eigenvalue weighted by atomic mass is 79.9. The molecule has 8 heteroatoms. The minimum Gasteiger partial charge on any atom is -0.379 e. The molecule has 1 aliphatic heterocycles. The van der Waals surface area contributed by atoms with Gasteiger partial charge in [-0.25, -0.2) is 4.98 Å². The third-order valence-electron chi connectivity index (χ3n) is 6.12. The van der Waals surface area contributed by atoms with Gasteiger partial charge >= 0.3 is 0 Å². The van der Waals surface area contributed by atoms with Crippen molar-refractivity contribution < 1.29 is 9.53 Å². The molecule has 0 radical (unpaired) electrons. The van der Waals surface area contributed by atoms with Gasteiger partial charge in [0, 0.05) is 47.7 Å². The lowest BCUT2D eigenvalue weighted by atomic mass is 9.79. The summed E-state index contributed by atoms with van der Waals surface area (Å²) < 4.78 is 8.60. The molecular weight excluding hydrogens is 464 g/mol. The first-order valence-corrected chi connectivity index (χ1v) is 12.5. The normalized spacial score (nSPS) is 19.5. The average molecular weight is 493 g/mol. The number of ether oxygens (including phenoxy) is 1. The number of carbonyl (C=O) groups excluding carboxylic acids is 1. The van der Waals surface area contributed by atoms with Gasteiger partial charge in [-0.3, -0.25) is 14.3 Å². The van der Waals surface area contributed by atoms with E-state index >= 15 is 0 Å². The van der Waals surface area contributed by atoms with Crippen LogP contribution in [0.5, 0.6) is 0 Å². The first kappa shape index (κ1) is 21.9. The fourth-order valence-corrected chi connectivity index (χ4v) is 5.56. The summed E-state index contributed by atoms with van der Waals surface area (Å²) >= 11 is 4.94. The molecule has 2 aromatic rings. The Kier molecular flexibility index (Phi) is 7.51. The highest BCUT2D eigenvalue weighted by molar-refractivity contribution is 9.10. The zero-order chi connectivity index (χ0) is 20.8. The Bertz CT molecular complexity index is 830. The van der Waals surface area contributed by atoms with E-state index in [1.807, 2.05) is 35.0 Å². The third kappa shape index (κ3) is 5.28. The number of benzene rings is 1. The second-order valence-corrected chi connectivity index (χ2v) is 9.86. The maximum atomic E-state index is 12.7. The lowest BCUT2D eigenvalue weighted by Crippen LogP contribution is -2.59. The molecule has 0 bridgehead atoms. The van der Waals surface area contributed by atoms with Crippen LogP contribution in [-0.2, 0) is 9.53 Å². The lowest BCUT2D eigenvalue weighted by Gasteiger charge is -2.48. The molecule has 1 aromatic carbocycles. The number of rotatable bonds is 7. The molecule has 0 unspecified atom stereocenters. The van der Waals surface area contributed by atoms with Gasteiger partial charge in [0.25, 0.3) is 0 Å². The summed E-state index contributed by atoms with van der Waals surface area (Å²) in [5.41, 5.74) is 1.13. The molecule has 4 rings (SSSR count). The van der Waals surface area contributed by atoms with Crippen LogP contribution < -0.4 is 5.32 Å². The van der Waals surface area contributed by atoms with Crippen LogP contribution in [0.3, 0.4) is 0 Å². The van der Waals surface area contributed by atoms with Gasteiger partial charge in [-0.2, -0.15) is 0 Å². The zero-order valence-corrected chi connectivity index (χ0v) is 19.6. The number of amides is 1. The molecule has 0 spiro atoms. The van der Waals surface area contributed by atoms with E-state index in [9.17, 15) is 4.79 Å². The number of thioether (sulfide) groups is 1. The van der Waals surface area contributed by atoms with E-state index < -0.39 is 0 Å². The number of aromatic nitrogens is 2. The van der Waals surface area contributed by atoms with Crippen LogP contribution >= 0.6 is 27.7 Å². The number of hydrogen-bond acceptors (Lipinski definition) is 5. The third-order valence-corrected chi connectivity index (χ3v) is 7.62. The van der Waals surface area contributed by atoms with E-state index in [-0.39, 0.29) is 11.4 Å². The van der Waals surface area contributed by atoms with Crippen LogP contribution in [0.4, 0.5) is 0 Å². The molecule has 1 aliphatic carbocycles. The number of nitrogens with one attached hydrogen (secondary N) is 1. The highest BCUT2D eigenvalue weighted by Crippen LogP contribution is 2.34. The quantitative estimate of drug-likeness (QED) is 0.594. The summed E-state index contributed by atoms with van der Waals surface area (Å²) in [6.07, 6.45) is 9.81. The number of carbonyl (C=O) groups is 1. The standard InChI is InChI=1S/C22H29BrN4O2S/c23-18-4-6-19(7-5-18)27-11-10-24-21(27)30-16-20(28)25-17-22(8-2-1-3-9-22)26-12-14-29-15-13-26/h4-7,10-11H,1-3,8-9,12-17H2,(H,25,28). The van der Waals surface area contributed by atoms with Crippen molar-refractivity contribution in [3.63, 3.8) is 0 Å². The molecule has 30 heavy (non-hydrogen) atoms. The minimum absolute atomic E-state index is 0.0727. The van der Waals surface area contributed by atoms with E-state index in [2.05, 4.69) is 31.1 Å². The Hall–Kier alpha value is -1.35. The highest BCUT2D eigenvalue weighted by Gasteiger charge is 2.38. The van der Waals surface area contributed by atoms with E-state index in [0.29, 0.717) is 5.75 Å². The van der Waals surface area contributed by atoms with E-state index in [4.69, 9.17) is 4.74 Å². The topological polar surface area (TPSA) is 59.4 Å². The first-order valence-electron chi connectivity index (χ1n) is 10.7. The molecular formula is C22H29BrN4O2S. The van der Waals surface area contributed by atoms with Crippen LogP contribution in [0.25, 0.3) is 5.69 Å². The number of halogens is 1. The van der Waals surface area contributed by atoms with Crippen molar-refractivity contribution in [3.05, 3.63) is 41.1 Å². The predicted molar refractivity (Wildman–Crippen MR) is 123 cm³/mol. The fourth-order valence-electron chi connectivity index (χ4n) is 4.49. The summed E-state index contributed by atoms with van der Waals surface area (Å²) in [5.74, 6) is 0.441. The number of nitrogens with zero attached hydrogens (tertiary/aromatic N) is 3. The van der Waals surface area contributed by atoms with Gasteiger partial charge in [0.1, 0.15) is 0 Å². The largest absolute Gasteiger partial charge is 0.379 e. The van der Waals surface area contributed by atoms with Crippen molar-refractivity contribution >= 4 is 33.6 Å². The van der Waals surface area contributed by atoms with Crippen molar-refractivity contribution in [3.8, 4) is 5.69 Å². The summed E-state index contributed by atoms with van der Waals surface area (Å²) in [6, 6.07) is 8.08. The molecule has 162 valence electrons. The SMILES string of the molecule is O=C(CSc1nccn1-c1ccc(Br)cc1)NCC1(N2CCOCC2)CCCCC1. The van der Waals surface area contributed by atoms with Crippen molar-refractivity contribution in [2.45, 2.75) is 42.8 Å². The van der Waals surface area contributed by atoms with Gasteiger partial charge in [0.2, 0.25) is 5.91 Å². The number of hydrogen-bond donors (Lipinski definition) is 1. The summed E-state index contributed by atoms with van der Waals surface area (Å²) in [7, 11) is 0. The van der Waals surface area contributed by atoms with Crippen LogP contribution in [0.1, 0.15) is 32.1 Å². The molecule has 2 aliphatic rings. The second-order valence-electron chi connectivity index (χ2n) is 8.01. The van der Waals surface area contributed by atoms with Gasteiger partial charge in [0.05, 0.1) is 19.0 Å². The summed E-state index contributed by atoms with van der Waals surface area (Å²) in [5, 5.41) is 4.06. The monoisotopic (exact) mass is 492 g/mol. The zero-order valence-electron chi connectivity index (χ0n) is 17.2. The first-order chi connectivity index (χ1) is 14.7. The van der Waals surface area contributed by atoms with Crippen molar-refractivity contribution in [2.75, 3.05) is 38.6 Å². The maximum Gasteiger partial charge on any atom is 0.230 e. The average Bonchev–Trinajstić information content (AvgIpc) is 3.27. The molecule has 2 heterocycles. The van der Waals surface area contributed by atoms with Gasteiger partial charge in [-0.15, -0.1) is 0 Å². The molecule has 2 fully saturated rings. The van der Waals surface area contributed by atoms with Gasteiger partial charge in [0.15, 0.2) is 5.16 Å². The van der Waals surface area contributed by atoms with E-state index in [0.717, 1.165) is 61.0 Å². The molecule has 1 amide bonds. The molecule has 6 nitrogen and oxygen atoms in total. The molecule has 1 saturated carbocycles. The van der Waals surface area contributed by atoms with E-state index in [1.54, 1.807) is 6.20 Å². The summed E-state index contributed by atoms with van der Waals surface area (Å²) in [6.45, 7) is 4.26. The Labute approximate surface area is 190 Å². The van der Waals surface area contributed by atoms with Gasteiger partial charge in [-0.1, -0.05) is 47.0 Å². The Morgan fingerprint density at radius 3 is 2.63 bits per heavy atom. The number of imidazole rings is 1. The van der Waals surface area contributed by atoms with Crippen molar-refractivity contribution in [1.29, 1.82) is 0 Å². The Balaban J connectivity index is 1.33. The lowest BCUT2D eigenvalue weighted by molar-refractivity contribution is -0.119. The van der Waals surface area contributed by atoms with Crippen LogP contribution in [-0.4, -0.2) is 64.5 Å². The fraction of sp³-hybridized carbons (Fsp3) is 0.545. The number of morpholine rings is 1. The van der Waals surface area contributed by atoms with Gasteiger partial charge in [-0.05, 0) is 37.1 Å². The maximum absolute atomic E-state index is 12.7. The second kappa shape index (κ2) is 10.3. The van der Waals surface area contributed by atoms with Crippen molar-refractivity contribution in [2.24, 2.45) is 0 Å². The van der Waals surface area contributed by atoms with Crippen molar-refractivity contribution in [1.82, 2.24) is 19.8 Å². The van der Waals surface area contributed by atoms with Gasteiger partial charge < -0.3 is 10.1 Å².